The number of anilines is 1. The van der Waals surface area contributed by atoms with Gasteiger partial charge < -0.3 is 15.7 Å². The molecule has 1 saturated heterocycles. The number of hydrogen-bond acceptors (Lipinski definition) is 7. The van der Waals surface area contributed by atoms with Crippen molar-refractivity contribution in [2.45, 2.75) is 38.3 Å². The van der Waals surface area contributed by atoms with Crippen LogP contribution in [0.25, 0.3) is 0 Å². The Morgan fingerprint density at radius 3 is 2.60 bits per heavy atom. The van der Waals surface area contributed by atoms with Gasteiger partial charge in [-0.2, -0.15) is 0 Å². The van der Waals surface area contributed by atoms with Crippen LogP contribution >= 0.6 is 0 Å². The van der Waals surface area contributed by atoms with E-state index < -0.39 is 47.6 Å². The van der Waals surface area contributed by atoms with Crippen molar-refractivity contribution in [3.05, 3.63) is 29.3 Å². The molecule has 0 aromatic heterocycles. The molecule has 30 heavy (non-hydrogen) atoms. The number of carbonyl (C=O) groups is 6. The van der Waals surface area contributed by atoms with Gasteiger partial charge in [-0.3, -0.25) is 34.2 Å². The molecule has 3 rings (SSSR count). The summed E-state index contributed by atoms with van der Waals surface area (Å²) >= 11 is 0. The zero-order valence-corrected chi connectivity index (χ0v) is 16.1. The number of nitrogens with one attached hydrogen (secondary N) is 3. The Labute approximate surface area is 170 Å². The summed E-state index contributed by atoms with van der Waals surface area (Å²) < 4.78 is 0. The lowest BCUT2D eigenvalue weighted by atomic mass is 10.0. The fourth-order valence-corrected chi connectivity index (χ4v) is 3.42. The van der Waals surface area contributed by atoms with Gasteiger partial charge in [-0.1, -0.05) is 13.0 Å². The maximum Gasteiger partial charge on any atom is 0.326 e. The summed E-state index contributed by atoms with van der Waals surface area (Å²) in [5.74, 6) is -4.30. The second-order valence-corrected chi connectivity index (χ2v) is 6.90. The fraction of sp³-hybridized carbons (Fsp3) is 0.368. The van der Waals surface area contributed by atoms with Crippen molar-refractivity contribution < 1.29 is 33.9 Å². The van der Waals surface area contributed by atoms with Crippen molar-refractivity contribution >= 4 is 41.2 Å². The third-order valence-electron chi connectivity index (χ3n) is 4.95. The quantitative estimate of drug-likeness (QED) is 0.432. The largest absolute Gasteiger partial charge is 0.480 e. The van der Waals surface area contributed by atoms with Crippen molar-refractivity contribution in [3.8, 4) is 0 Å². The monoisotopic (exact) mass is 416 g/mol. The van der Waals surface area contributed by atoms with Crippen LogP contribution in [-0.2, 0) is 19.2 Å². The molecule has 1 aromatic rings. The molecule has 0 aliphatic carbocycles. The summed E-state index contributed by atoms with van der Waals surface area (Å²) in [6, 6.07) is 2.33. The number of aliphatic carboxylic acids is 1. The molecular weight excluding hydrogens is 396 g/mol. The molecule has 2 aliphatic rings. The van der Waals surface area contributed by atoms with Crippen LogP contribution < -0.4 is 16.0 Å². The molecule has 5 amide bonds. The Morgan fingerprint density at radius 1 is 1.23 bits per heavy atom. The summed E-state index contributed by atoms with van der Waals surface area (Å²) in [5, 5.41) is 16.2. The lowest BCUT2D eigenvalue weighted by Crippen LogP contribution is -2.54. The standard InChI is InChI=1S/C19H20N4O7/c1-2-10(19(29)30)21-14(25)8-20-11-5-3-4-9-15(11)18(28)23(17(9)27)12-6-7-13(24)22-16(12)26/h3-5,10,12,20H,2,6-8H2,1H3,(H,21,25)(H,29,30)(H,22,24,26)/t10-,12?/m0/s1. The van der Waals surface area contributed by atoms with Crippen LogP contribution in [0, 0.1) is 0 Å². The van der Waals surface area contributed by atoms with E-state index >= 15 is 0 Å². The maximum absolute atomic E-state index is 12.9. The van der Waals surface area contributed by atoms with Gasteiger partial charge in [0, 0.05) is 12.1 Å². The second-order valence-electron chi connectivity index (χ2n) is 6.90. The highest BCUT2D eigenvalue weighted by atomic mass is 16.4. The molecule has 1 fully saturated rings. The number of carbonyl (C=O) groups excluding carboxylic acids is 5. The zero-order chi connectivity index (χ0) is 22.0. The average Bonchev–Trinajstić information content (AvgIpc) is 2.95. The van der Waals surface area contributed by atoms with Crippen molar-refractivity contribution in [2.24, 2.45) is 0 Å². The molecule has 0 saturated carbocycles. The van der Waals surface area contributed by atoms with Gasteiger partial charge in [-0.25, -0.2) is 4.79 Å². The molecule has 1 aromatic carbocycles. The predicted octanol–water partition coefficient (Wildman–Crippen LogP) is -0.521. The molecule has 2 heterocycles. The SMILES string of the molecule is CC[C@H](NC(=O)CNc1cccc2c1C(=O)N(C1CCC(=O)NC1=O)C2=O)C(=O)O. The first kappa shape index (κ1) is 21.0. The van der Waals surface area contributed by atoms with Gasteiger partial charge >= 0.3 is 5.97 Å². The number of carboxylic acids is 1. The van der Waals surface area contributed by atoms with Crippen LogP contribution in [0.1, 0.15) is 46.9 Å². The molecule has 158 valence electrons. The van der Waals surface area contributed by atoms with E-state index in [0.717, 1.165) is 4.90 Å². The van der Waals surface area contributed by atoms with Crippen LogP contribution in [-0.4, -0.2) is 64.1 Å². The van der Waals surface area contributed by atoms with Crippen LogP contribution in [0.3, 0.4) is 0 Å². The number of rotatable bonds is 7. The van der Waals surface area contributed by atoms with Gasteiger partial charge in [0.15, 0.2) is 0 Å². The predicted molar refractivity (Wildman–Crippen MR) is 101 cm³/mol. The molecule has 1 unspecified atom stereocenters. The molecule has 4 N–H and O–H groups in total. The van der Waals surface area contributed by atoms with Gasteiger partial charge in [-0.15, -0.1) is 0 Å². The van der Waals surface area contributed by atoms with Gasteiger partial charge in [0.05, 0.1) is 17.7 Å². The van der Waals surface area contributed by atoms with Gasteiger partial charge in [-0.05, 0) is 25.0 Å². The topological polar surface area (TPSA) is 162 Å². The highest BCUT2D eigenvalue weighted by molar-refractivity contribution is 6.25. The van der Waals surface area contributed by atoms with Gasteiger partial charge in [0.25, 0.3) is 11.8 Å². The Balaban J connectivity index is 1.77. The van der Waals surface area contributed by atoms with Crippen LogP contribution in [0.5, 0.6) is 0 Å². The molecule has 0 bridgehead atoms. The molecule has 0 spiro atoms. The number of benzene rings is 1. The van der Waals surface area contributed by atoms with E-state index in [-0.39, 0.29) is 42.6 Å². The van der Waals surface area contributed by atoms with E-state index in [2.05, 4.69) is 16.0 Å². The minimum absolute atomic E-state index is 0.0112. The van der Waals surface area contributed by atoms with E-state index in [4.69, 9.17) is 5.11 Å². The highest BCUT2D eigenvalue weighted by Crippen LogP contribution is 2.32. The molecule has 2 atom stereocenters. The Hall–Kier alpha value is -3.76. The maximum atomic E-state index is 12.9. The molecule has 0 radical (unpaired) electrons. The van der Waals surface area contributed by atoms with Crippen molar-refractivity contribution in [1.29, 1.82) is 0 Å². The number of imide groups is 2. The minimum atomic E-state index is -1.16. The lowest BCUT2D eigenvalue weighted by Gasteiger charge is -2.27. The number of carboxylic acid groups (broad SMARTS) is 1. The molecular formula is C19H20N4O7. The number of amides is 5. The van der Waals surface area contributed by atoms with E-state index in [1.54, 1.807) is 6.92 Å². The van der Waals surface area contributed by atoms with E-state index in [1.807, 2.05) is 0 Å². The number of nitrogens with zero attached hydrogens (tertiary/aromatic N) is 1. The zero-order valence-electron chi connectivity index (χ0n) is 16.1. The van der Waals surface area contributed by atoms with Crippen molar-refractivity contribution in [1.82, 2.24) is 15.5 Å². The Kier molecular flexibility index (Phi) is 5.81. The first-order valence-corrected chi connectivity index (χ1v) is 9.35. The first-order valence-electron chi connectivity index (χ1n) is 9.35. The lowest BCUT2D eigenvalue weighted by molar-refractivity contribution is -0.141. The summed E-state index contributed by atoms with van der Waals surface area (Å²) in [6.07, 6.45) is 0.252. The Morgan fingerprint density at radius 2 is 1.97 bits per heavy atom. The normalized spacial score (nSPS) is 19.2. The van der Waals surface area contributed by atoms with Gasteiger partial charge in [0.1, 0.15) is 12.1 Å². The average molecular weight is 416 g/mol. The van der Waals surface area contributed by atoms with Crippen LogP contribution in [0.4, 0.5) is 5.69 Å². The first-order chi connectivity index (χ1) is 14.2. The fourth-order valence-electron chi connectivity index (χ4n) is 3.42. The number of hydrogen-bond donors (Lipinski definition) is 4. The number of fused-ring (bicyclic) bond motifs is 1. The van der Waals surface area contributed by atoms with Crippen LogP contribution in [0.2, 0.25) is 0 Å². The highest BCUT2D eigenvalue weighted by Gasteiger charge is 2.45. The molecule has 11 nitrogen and oxygen atoms in total. The summed E-state index contributed by atoms with van der Waals surface area (Å²) in [5.41, 5.74) is 0.302. The van der Waals surface area contributed by atoms with E-state index in [0.29, 0.717) is 0 Å². The third-order valence-corrected chi connectivity index (χ3v) is 4.95. The summed E-state index contributed by atoms with van der Waals surface area (Å²) in [6.45, 7) is 1.30. The summed E-state index contributed by atoms with van der Waals surface area (Å²) in [4.78, 5) is 73.1. The smallest absolute Gasteiger partial charge is 0.326 e. The Bertz CT molecular complexity index is 958. The van der Waals surface area contributed by atoms with Gasteiger partial charge in [0.2, 0.25) is 17.7 Å². The molecule has 11 heteroatoms. The second kappa shape index (κ2) is 8.31. The van der Waals surface area contributed by atoms with E-state index in [1.165, 1.54) is 18.2 Å². The number of piperidine rings is 1. The minimum Gasteiger partial charge on any atom is -0.480 e. The third kappa shape index (κ3) is 3.86. The molecule has 2 aliphatic heterocycles. The summed E-state index contributed by atoms with van der Waals surface area (Å²) in [7, 11) is 0. The van der Waals surface area contributed by atoms with Crippen molar-refractivity contribution in [3.63, 3.8) is 0 Å². The van der Waals surface area contributed by atoms with Crippen molar-refractivity contribution in [2.75, 3.05) is 11.9 Å². The van der Waals surface area contributed by atoms with Crippen LogP contribution in [0.15, 0.2) is 18.2 Å². The van der Waals surface area contributed by atoms with E-state index in [9.17, 15) is 28.8 Å².